The molecule has 1 aromatic heterocycles. The lowest BCUT2D eigenvalue weighted by molar-refractivity contribution is -0.159. The van der Waals surface area contributed by atoms with Crippen molar-refractivity contribution in [3.05, 3.63) is 47.2 Å². The minimum absolute atomic E-state index is 0.177. The highest BCUT2D eigenvalue weighted by Crippen LogP contribution is 2.25. The summed E-state index contributed by atoms with van der Waals surface area (Å²) in [5, 5.41) is 17.5. The van der Waals surface area contributed by atoms with Crippen molar-refractivity contribution < 1.29 is 33.7 Å². The predicted octanol–water partition coefficient (Wildman–Crippen LogP) is 2.59. The number of benzene rings is 1. The van der Waals surface area contributed by atoms with Crippen molar-refractivity contribution in [1.29, 1.82) is 0 Å². The molecule has 0 saturated carbocycles. The average molecular weight is 480 g/mol. The second-order valence-electron chi connectivity index (χ2n) is 7.76. The number of aliphatic carboxylic acids is 2. The summed E-state index contributed by atoms with van der Waals surface area (Å²) in [6, 6.07) is 6.73. The Hall–Kier alpha value is -3.05. The zero-order valence-corrected chi connectivity index (χ0v) is 18.7. The van der Waals surface area contributed by atoms with Gasteiger partial charge in [-0.3, -0.25) is 9.69 Å². The average Bonchev–Trinajstić information content (AvgIpc) is 3.33. The minimum Gasteiger partial charge on any atom is -0.473 e. The third-order valence-corrected chi connectivity index (χ3v) is 6.37. The van der Waals surface area contributed by atoms with Gasteiger partial charge in [0.1, 0.15) is 11.9 Å². The molecule has 1 aromatic carbocycles. The summed E-state index contributed by atoms with van der Waals surface area (Å²) >= 11 is 1.54. The van der Waals surface area contributed by atoms with Gasteiger partial charge in [0.05, 0.1) is 5.56 Å². The molecule has 178 valence electrons. The molecule has 2 N–H and O–H groups in total. The van der Waals surface area contributed by atoms with E-state index in [1.165, 1.54) is 17.4 Å². The Morgan fingerprint density at radius 3 is 2.18 bits per heavy atom. The number of thiazole rings is 1. The Kier molecular flexibility index (Phi) is 8.72. The molecule has 0 unspecified atom stereocenters. The second kappa shape index (κ2) is 11.7. The molecule has 0 aliphatic carbocycles. The summed E-state index contributed by atoms with van der Waals surface area (Å²) in [7, 11) is 0. The van der Waals surface area contributed by atoms with Crippen LogP contribution in [0, 0.1) is 5.82 Å². The molecule has 2 aliphatic heterocycles. The quantitative estimate of drug-likeness (QED) is 0.642. The fraction of sp³-hybridized carbons (Fsp3) is 0.455. The van der Waals surface area contributed by atoms with E-state index in [0.29, 0.717) is 19.1 Å². The van der Waals surface area contributed by atoms with E-state index in [0.717, 1.165) is 44.0 Å². The molecule has 1 amide bonds. The molecule has 0 atom stereocenters. The third kappa shape index (κ3) is 6.96. The Balaban J connectivity index is 0.000000454. The van der Waals surface area contributed by atoms with Crippen LogP contribution >= 0.6 is 11.3 Å². The Morgan fingerprint density at radius 2 is 1.64 bits per heavy atom. The number of carboxylic acids is 2. The fourth-order valence-electron chi connectivity index (χ4n) is 4.01. The van der Waals surface area contributed by atoms with Crippen molar-refractivity contribution in [1.82, 2.24) is 14.8 Å². The normalized spacial score (nSPS) is 17.7. The van der Waals surface area contributed by atoms with Crippen LogP contribution in [0.4, 0.5) is 4.39 Å². The van der Waals surface area contributed by atoms with Crippen molar-refractivity contribution in [3.63, 3.8) is 0 Å². The molecular weight excluding hydrogens is 453 g/mol. The summed E-state index contributed by atoms with van der Waals surface area (Å²) in [6.07, 6.45) is 5.92. The molecule has 3 heterocycles. The number of ether oxygens (including phenoxy) is 1. The standard InChI is InChI=1S/C20H24FN3O2S.C2H2O4/c21-18-4-2-1-3-17(18)19(25)24-10-5-15(6-11-24)23-12-7-16(8-13-23)26-20-22-9-14-27-20;3-1(4)2(5)6/h1-4,9,14-16H,5-8,10-13H2;(H,3,4)(H,5,6). The number of hydrogen-bond acceptors (Lipinski definition) is 7. The Morgan fingerprint density at radius 1 is 1.00 bits per heavy atom. The topological polar surface area (TPSA) is 120 Å². The van der Waals surface area contributed by atoms with Gasteiger partial charge in [-0.2, -0.15) is 0 Å². The van der Waals surface area contributed by atoms with Gasteiger partial charge in [0.2, 0.25) is 0 Å². The number of nitrogens with zero attached hydrogens (tertiary/aromatic N) is 3. The van der Waals surface area contributed by atoms with Gasteiger partial charge in [0, 0.05) is 43.8 Å². The molecule has 4 rings (SSSR count). The summed E-state index contributed by atoms with van der Waals surface area (Å²) in [5.41, 5.74) is 0.177. The molecular formula is C22H26FN3O6S. The van der Waals surface area contributed by atoms with Crippen molar-refractivity contribution >= 4 is 29.2 Å². The zero-order valence-electron chi connectivity index (χ0n) is 17.9. The Labute approximate surface area is 194 Å². The number of aromatic nitrogens is 1. The van der Waals surface area contributed by atoms with E-state index < -0.39 is 17.8 Å². The van der Waals surface area contributed by atoms with Crippen LogP contribution in [0.1, 0.15) is 36.0 Å². The van der Waals surface area contributed by atoms with Gasteiger partial charge in [-0.05, 0) is 37.8 Å². The number of amides is 1. The molecule has 2 saturated heterocycles. The molecule has 0 bridgehead atoms. The van der Waals surface area contributed by atoms with Gasteiger partial charge < -0.3 is 19.8 Å². The number of rotatable bonds is 4. The van der Waals surface area contributed by atoms with Crippen LogP contribution in [0.15, 0.2) is 35.8 Å². The first-order valence-corrected chi connectivity index (χ1v) is 11.5. The molecule has 2 aliphatic rings. The lowest BCUT2D eigenvalue weighted by atomic mass is 9.98. The molecule has 2 fully saturated rings. The number of carbonyl (C=O) groups excluding carboxylic acids is 1. The highest BCUT2D eigenvalue weighted by molar-refractivity contribution is 7.11. The molecule has 0 spiro atoms. The fourth-order valence-corrected chi connectivity index (χ4v) is 4.56. The highest BCUT2D eigenvalue weighted by atomic mass is 32.1. The molecule has 9 nitrogen and oxygen atoms in total. The minimum atomic E-state index is -1.82. The molecule has 0 radical (unpaired) electrons. The van der Waals surface area contributed by atoms with Gasteiger partial charge in [-0.25, -0.2) is 19.0 Å². The van der Waals surface area contributed by atoms with E-state index >= 15 is 0 Å². The second-order valence-corrected chi connectivity index (χ2v) is 8.62. The number of halogens is 1. The van der Waals surface area contributed by atoms with Gasteiger partial charge in [-0.15, -0.1) is 0 Å². The number of likely N-dealkylation sites (tertiary alicyclic amines) is 2. The SMILES string of the molecule is O=C(O)C(=O)O.O=C(c1ccccc1F)N1CCC(N2CCC(Oc3nccs3)CC2)CC1. The van der Waals surface area contributed by atoms with E-state index in [-0.39, 0.29) is 17.6 Å². The largest absolute Gasteiger partial charge is 0.473 e. The van der Waals surface area contributed by atoms with Crippen LogP contribution in [-0.4, -0.2) is 81.2 Å². The predicted molar refractivity (Wildman–Crippen MR) is 118 cm³/mol. The van der Waals surface area contributed by atoms with Crippen LogP contribution < -0.4 is 4.74 Å². The summed E-state index contributed by atoms with van der Waals surface area (Å²) in [6.45, 7) is 3.41. The number of piperidine rings is 2. The third-order valence-electron chi connectivity index (χ3n) is 5.71. The van der Waals surface area contributed by atoms with E-state index in [9.17, 15) is 9.18 Å². The van der Waals surface area contributed by atoms with Crippen molar-refractivity contribution in [2.75, 3.05) is 26.2 Å². The summed E-state index contributed by atoms with van der Waals surface area (Å²) in [4.78, 5) is 39.2. The van der Waals surface area contributed by atoms with Crippen molar-refractivity contribution in [2.45, 2.75) is 37.8 Å². The maximum Gasteiger partial charge on any atom is 0.414 e. The number of hydrogen-bond donors (Lipinski definition) is 2. The van der Waals surface area contributed by atoms with Gasteiger partial charge >= 0.3 is 11.9 Å². The van der Waals surface area contributed by atoms with Crippen LogP contribution in [0.3, 0.4) is 0 Å². The summed E-state index contributed by atoms with van der Waals surface area (Å²) < 4.78 is 19.8. The maximum absolute atomic E-state index is 13.9. The first-order chi connectivity index (χ1) is 15.8. The number of carboxylic acid groups (broad SMARTS) is 2. The van der Waals surface area contributed by atoms with Crippen molar-refractivity contribution in [3.8, 4) is 5.19 Å². The monoisotopic (exact) mass is 479 g/mol. The lowest BCUT2D eigenvalue weighted by Gasteiger charge is -2.41. The van der Waals surface area contributed by atoms with E-state index in [2.05, 4.69) is 9.88 Å². The van der Waals surface area contributed by atoms with E-state index in [1.807, 2.05) is 5.38 Å². The smallest absolute Gasteiger partial charge is 0.414 e. The van der Waals surface area contributed by atoms with Gasteiger partial charge in [-0.1, -0.05) is 23.5 Å². The van der Waals surface area contributed by atoms with Gasteiger partial charge in [0.15, 0.2) is 0 Å². The van der Waals surface area contributed by atoms with E-state index in [4.69, 9.17) is 24.5 Å². The van der Waals surface area contributed by atoms with Crippen molar-refractivity contribution in [2.24, 2.45) is 0 Å². The molecule has 33 heavy (non-hydrogen) atoms. The van der Waals surface area contributed by atoms with Crippen LogP contribution in [0.2, 0.25) is 0 Å². The van der Waals surface area contributed by atoms with Crippen LogP contribution in [0.5, 0.6) is 5.19 Å². The molecule has 11 heteroatoms. The Bertz CT molecular complexity index is 929. The highest BCUT2D eigenvalue weighted by Gasteiger charge is 2.31. The lowest BCUT2D eigenvalue weighted by Crippen LogP contribution is -2.50. The first kappa shape index (κ1) is 24.6. The van der Waals surface area contributed by atoms with E-state index in [1.54, 1.807) is 29.3 Å². The zero-order chi connectivity index (χ0) is 23.8. The van der Waals surface area contributed by atoms with Crippen LogP contribution in [0.25, 0.3) is 0 Å². The maximum atomic E-state index is 13.9. The van der Waals surface area contributed by atoms with Crippen LogP contribution in [-0.2, 0) is 9.59 Å². The summed E-state index contributed by atoms with van der Waals surface area (Å²) in [5.74, 6) is -4.28. The van der Waals surface area contributed by atoms with Gasteiger partial charge in [0.25, 0.3) is 11.1 Å². The molecule has 2 aromatic rings. The first-order valence-electron chi connectivity index (χ1n) is 10.7. The number of carbonyl (C=O) groups is 3.